The monoisotopic (exact) mass is 1950 g/mol. The number of hydrogen-bond donors (Lipinski definition) is 3. The number of anilines is 6. The number of nitrogens with zero attached hydrogens (tertiary/aromatic N) is 21. The highest BCUT2D eigenvalue weighted by molar-refractivity contribution is 7.59. The molecule has 137 heavy (non-hydrogen) atoms. The first-order chi connectivity index (χ1) is 63.9. The third kappa shape index (κ3) is 23.8. The number of nitriles is 1. The Balaban J connectivity index is 0.000000182. The number of halogens is 5. The molecular formula is C99H134ClF4N23O8S2. The molecule has 9 aromatic rings. The van der Waals surface area contributed by atoms with Gasteiger partial charge in [-0.3, -0.25) is 39.3 Å². The Labute approximate surface area is 819 Å². The van der Waals surface area contributed by atoms with Crippen molar-refractivity contribution in [1.29, 1.82) is 5.26 Å². The summed E-state index contributed by atoms with van der Waals surface area (Å²) in [5.74, 6) is 2.03. The second-order valence-corrected chi connectivity index (χ2v) is 37.9. The SMILES string of the molecule is C.C.CN1CC(C)(F)C[C@H]1COc1nc2c(c(N3CCN(C(=O)/C=C/CF)[C@@H](CC#N)C3)n1)CCN(c1cccc3cccc(Cl)c13)C2.COC/C=C/C(=O)N1CCN(c2nc(OC[C@@H]3CC(C)(F)CN3C)nc3c2CCN(c2c(C)c(C)cc4[nH]ncc24)C3)CC1.Cc1cc2[nH]ncc2c(N2CCc3c(nc(OC[C@@H]4CC(C)(F)CN4C)nc3N3CCN(C(=O)/C=C/CO)CC3)C2)c1C.S.S. The van der Waals surface area contributed by atoms with Crippen molar-refractivity contribution in [3.05, 3.63) is 158 Å². The summed E-state index contributed by atoms with van der Waals surface area (Å²) >= 11 is 6.69. The zero-order chi connectivity index (χ0) is 93.7. The molecule has 0 aliphatic carbocycles. The van der Waals surface area contributed by atoms with Gasteiger partial charge >= 0.3 is 18.0 Å². The number of carbonyl (C=O) groups is 3. The van der Waals surface area contributed by atoms with Gasteiger partial charge in [0, 0.05) is 213 Å². The summed E-state index contributed by atoms with van der Waals surface area (Å²) in [4.78, 5) is 92.3. The molecule has 6 saturated heterocycles. The number of likely N-dealkylation sites (N-methyl/N-ethyl adjacent to an activating group) is 3. The molecule has 0 spiro atoms. The molecule has 9 aliphatic rings. The van der Waals surface area contributed by atoms with E-state index in [0.29, 0.717) is 180 Å². The maximum absolute atomic E-state index is 14.7. The van der Waals surface area contributed by atoms with Gasteiger partial charge in [0.05, 0.1) is 108 Å². The van der Waals surface area contributed by atoms with E-state index in [1.807, 2.05) is 83.5 Å². The fraction of sp³-hybridized carbons (Fsp3) is 0.535. The zero-order valence-corrected chi connectivity index (χ0v) is 81.7. The number of carbonyl (C=O) groups excluding carboxylic acids is 3. The lowest BCUT2D eigenvalue weighted by Crippen LogP contribution is -2.55. The average Bonchev–Trinajstić information content (AvgIpc) is 1.71. The first kappa shape index (κ1) is 105. The van der Waals surface area contributed by atoms with Crippen LogP contribution in [0.15, 0.2) is 97.4 Å². The Morgan fingerprint density at radius 3 is 1.36 bits per heavy atom. The molecule has 38 heteroatoms. The normalized spacial score (nSPS) is 22.5. The van der Waals surface area contributed by atoms with E-state index in [0.717, 1.165) is 121 Å². The number of benzene rings is 4. The Bertz CT molecular complexity index is 5880. The second kappa shape index (κ2) is 45.4. The van der Waals surface area contributed by atoms with Gasteiger partial charge < -0.3 is 68.2 Å². The van der Waals surface area contributed by atoms with Crippen LogP contribution in [0.3, 0.4) is 0 Å². The van der Waals surface area contributed by atoms with E-state index < -0.39 is 29.7 Å². The van der Waals surface area contributed by atoms with Crippen LogP contribution in [-0.4, -0.2) is 323 Å². The third-order valence-electron chi connectivity index (χ3n) is 27.6. The van der Waals surface area contributed by atoms with Crippen molar-refractivity contribution in [3.8, 4) is 24.1 Å². The van der Waals surface area contributed by atoms with Crippen LogP contribution in [0.1, 0.15) is 117 Å². The molecule has 4 aromatic carbocycles. The first-order valence-electron chi connectivity index (χ1n) is 46.1. The molecule has 5 aromatic heterocycles. The summed E-state index contributed by atoms with van der Waals surface area (Å²) in [6, 6.07) is 18.7. The number of hydrogen-bond acceptors (Lipinski definition) is 26. The van der Waals surface area contributed by atoms with Gasteiger partial charge in [0.2, 0.25) is 17.7 Å². The van der Waals surface area contributed by atoms with Crippen molar-refractivity contribution in [2.45, 2.75) is 169 Å². The Hall–Kier alpha value is -10.9. The molecule has 31 nitrogen and oxygen atoms in total. The van der Waals surface area contributed by atoms with Gasteiger partial charge in [-0.1, -0.05) is 62.9 Å². The standard InChI is InChI=1S/C34H38ClF2N7O2.C32H43FN8O3.C31H41FN8O3.2CH4.2H2S/c1-34(37)18-25(41(2)22-34)21-46-33-39-28-20-42(29-9-4-7-23-6-3-8-27(35)31(23)29)15-12-26(28)32(40-33)43-16-17-44(24(19-43)11-14-38)30(45)10-5-13-36;1-21-15-26-25(17-34-37-26)29(22(21)2)41-9-8-24-27(18-41)35-31(44-19-23-16-32(3,33)20-38(23)4)36-30(24)40-12-10-39(11-13-40)28(42)7-6-14-43-5;1-20-14-25-24(16-33-36-25)28(21(20)2)40-8-7-23-26(17-40)34-30(43-18-22-15-31(3,32)19-37(22)4)35-29(23)39-11-9-38(10-12-39)27(42)6-5-13-41;;;;/h3-10,24-25H,11-13,15-22H2,1-2H3;6-7,15,17,23H,8-14,16,18-20H2,1-5H3,(H,34,37);5-6,14,16,22,41H,7-13,15,17-19H2,1-4H3,(H,33,36);2*1H4;2*1H2/b10-5+;7-6+;6-5+;;;;/t24-,25-,34?;23-,32?;22-,31?;;;;/m000..../s1. The lowest BCUT2D eigenvalue weighted by molar-refractivity contribution is -0.129. The summed E-state index contributed by atoms with van der Waals surface area (Å²) in [5, 5.41) is 38.4. The fourth-order valence-corrected chi connectivity index (χ4v) is 20.9. The van der Waals surface area contributed by atoms with E-state index in [-0.39, 0.29) is 103 Å². The minimum absolute atomic E-state index is 0. The number of alkyl halides is 4. The Morgan fingerprint density at radius 2 is 0.949 bits per heavy atom. The van der Waals surface area contributed by atoms with Gasteiger partial charge in [0.15, 0.2) is 0 Å². The minimum Gasteiger partial charge on any atom is -0.462 e. The predicted molar refractivity (Wildman–Crippen MR) is 541 cm³/mol. The van der Waals surface area contributed by atoms with Gasteiger partial charge in [-0.15, -0.1) is 0 Å². The summed E-state index contributed by atoms with van der Waals surface area (Å²) in [5.41, 5.74) is 12.4. The van der Waals surface area contributed by atoms with Crippen molar-refractivity contribution in [1.82, 2.24) is 79.7 Å². The average molecular weight is 1950 g/mol. The Morgan fingerprint density at radius 1 is 0.540 bits per heavy atom. The summed E-state index contributed by atoms with van der Waals surface area (Å²) in [6.07, 6.45) is 15.9. The fourth-order valence-electron chi connectivity index (χ4n) is 20.6. The van der Waals surface area contributed by atoms with Crippen LogP contribution in [0.2, 0.25) is 5.02 Å². The smallest absolute Gasteiger partial charge is 0.318 e. The van der Waals surface area contributed by atoms with E-state index in [4.69, 9.17) is 65.6 Å². The maximum atomic E-state index is 14.7. The lowest BCUT2D eigenvalue weighted by atomic mass is 9.99. The summed E-state index contributed by atoms with van der Waals surface area (Å²) < 4.78 is 80.5. The van der Waals surface area contributed by atoms with Gasteiger partial charge in [-0.25, -0.2) is 17.6 Å². The van der Waals surface area contributed by atoms with E-state index in [2.05, 4.69) is 102 Å². The highest BCUT2D eigenvalue weighted by atomic mass is 35.5. The topological polar surface area (TPSA) is 306 Å². The second-order valence-electron chi connectivity index (χ2n) is 37.5. The molecule has 9 aliphatic heterocycles. The molecule has 3 amide bonds. The molecule has 14 heterocycles. The number of allylic oxidation sites excluding steroid dienone is 1. The van der Waals surface area contributed by atoms with Crippen molar-refractivity contribution < 1.29 is 56.0 Å². The molecule has 3 N–H and O–H groups in total. The quantitative estimate of drug-likeness (QED) is 0.0396. The molecule has 740 valence electrons. The number of aryl methyl sites for hydroxylation is 2. The third-order valence-corrected chi connectivity index (χ3v) is 27.9. The van der Waals surface area contributed by atoms with E-state index in [1.165, 1.54) is 52.2 Å². The number of aliphatic hydroxyl groups excluding tert-OH is 1. The molecule has 7 atom stereocenters. The number of fused-ring (bicyclic) bond motifs is 6. The van der Waals surface area contributed by atoms with Crippen molar-refractivity contribution in [2.75, 3.05) is 209 Å². The predicted octanol–water partition coefficient (Wildman–Crippen LogP) is 12.3. The molecule has 0 radical (unpaired) electrons. The van der Waals surface area contributed by atoms with Gasteiger partial charge in [-0.05, 0) is 147 Å². The Kier molecular flexibility index (Phi) is 34.8. The summed E-state index contributed by atoms with van der Waals surface area (Å²) in [7, 11) is 7.36. The molecule has 6 fully saturated rings. The van der Waals surface area contributed by atoms with Crippen LogP contribution in [0.25, 0.3) is 32.6 Å². The van der Waals surface area contributed by atoms with Crippen LogP contribution in [-0.2, 0) is 58.0 Å². The van der Waals surface area contributed by atoms with E-state index in [1.54, 1.807) is 49.8 Å². The molecule has 18 rings (SSSR count). The summed E-state index contributed by atoms with van der Waals surface area (Å²) in [6.45, 7) is 25.1. The number of rotatable bonds is 23. The number of likely N-dealkylation sites (tertiary alicyclic amines) is 3. The highest BCUT2D eigenvalue weighted by Crippen LogP contribution is 2.44. The van der Waals surface area contributed by atoms with Gasteiger partial charge in [-0.2, -0.15) is 72.4 Å². The number of ether oxygens (including phenoxy) is 4. The number of H-pyrrole nitrogens is 2. The number of methoxy groups -OCH3 is 1. The molecule has 0 bridgehead atoms. The molecular weight excluding hydrogens is 1810 g/mol. The van der Waals surface area contributed by atoms with Crippen LogP contribution in [0.5, 0.6) is 18.0 Å². The van der Waals surface area contributed by atoms with Gasteiger partial charge in [0.1, 0.15) is 61.0 Å². The number of aromatic amines is 2. The van der Waals surface area contributed by atoms with Crippen LogP contribution >= 0.6 is 38.6 Å². The van der Waals surface area contributed by atoms with Crippen LogP contribution in [0.4, 0.5) is 52.1 Å². The molecule has 3 unspecified atom stereocenters. The maximum Gasteiger partial charge on any atom is 0.318 e. The molecule has 0 saturated carbocycles. The zero-order valence-electron chi connectivity index (χ0n) is 79.0. The van der Waals surface area contributed by atoms with Crippen LogP contribution < -0.4 is 43.6 Å². The van der Waals surface area contributed by atoms with E-state index in [9.17, 15) is 37.2 Å². The number of piperazine rings is 3. The van der Waals surface area contributed by atoms with E-state index >= 15 is 0 Å². The number of amides is 3. The first-order valence-corrected chi connectivity index (χ1v) is 46.5. The van der Waals surface area contributed by atoms with Crippen molar-refractivity contribution >= 4 is 123 Å². The minimum atomic E-state index is -1.28. The highest BCUT2D eigenvalue weighted by Gasteiger charge is 2.44. The van der Waals surface area contributed by atoms with Gasteiger partial charge in [0.25, 0.3) is 0 Å². The number of aliphatic hydroxyl groups is 1. The largest absolute Gasteiger partial charge is 0.462 e. The number of aromatic nitrogens is 10. The van der Waals surface area contributed by atoms with Crippen molar-refractivity contribution in [3.63, 3.8) is 0 Å². The lowest BCUT2D eigenvalue weighted by Gasteiger charge is -2.42. The van der Waals surface area contributed by atoms with Crippen LogP contribution in [0, 0.1) is 39.0 Å². The van der Waals surface area contributed by atoms with Crippen molar-refractivity contribution in [2.24, 2.45) is 0 Å². The number of nitrogens with one attached hydrogen (secondary N) is 2.